The molecular formula is C12H22N2O3. The van der Waals surface area contributed by atoms with Crippen molar-refractivity contribution in [1.29, 1.82) is 0 Å². The summed E-state index contributed by atoms with van der Waals surface area (Å²) in [7, 11) is 0. The van der Waals surface area contributed by atoms with Crippen LogP contribution in [0.4, 0.5) is 0 Å². The van der Waals surface area contributed by atoms with Crippen molar-refractivity contribution in [2.45, 2.75) is 50.4 Å². The van der Waals surface area contributed by atoms with Crippen LogP contribution in [-0.2, 0) is 9.53 Å². The third kappa shape index (κ3) is 3.66. The minimum atomic E-state index is -0.261. The van der Waals surface area contributed by atoms with Gasteiger partial charge in [0.15, 0.2) is 0 Å². The Balaban J connectivity index is 1.66. The van der Waals surface area contributed by atoms with Crippen LogP contribution in [0, 0.1) is 0 Å². The van der Waals surface area contributed by atoms with Gasteiger partial charge in [-0.15, -0.1) is 0 Å². The summed E-state index contributed by atoms with van der Waals surface area (Å²) in [4.78, 5) is 11.7. The van der Waals surface area contributed by atoms with Crippen molar-refractivity contribution in [3.8, 4) is 0 Å². The molecule has 17 heavy (non-hydrogen) atoms. The second-order valence-electron chi connectivity index (χ2n) is 5.43. The lowest BCUT2D eigenvalue weighted by Gasteiger charge is -2.39. The van der Waals surface area contributed by atoms with Crippen molar-refractivity contribution in [2.75, 3.05) is 19.7 Å². The highest BCUT2D eigenvalue weighted by molar-refractivity contribution is 5.77. The number of aliphatic hydroxyl groups excluding tert-OH is 1. The van der Waals surface area contributed by atoms with Gasteiger partial charge in [-0.2, -0.15) is 0 Å². The topological polar surface area (TPSA) is 70.6 Å². The predicted octanol–water partition coefficient (Wildman–Crippen LogP) is -0.215. The minimum Gasteiger partial charge on any atom is -0.393 e. The molecule has 1 aliphatic carbocycles. The standard InChI is InChI=1S/C12H22N2O3/c1-12(7-13-8-12)17-6-11(16)14-9-3-2-4-10(15)5-9/h9-10,13,15H,2-8H2,1H3,(H,14,16). The molecule has 0 aromatic heterocycles. The smallest absolute Gasteiger partial charge is 0.246 e. The maximum absolute atomic E-state index is 11.7. The van der Waals surface area contributed by atoms with E-state index in [1.807, 2.05) is 6.92 Å². The fourth-order valence-corrected chi connectivity index (χ4v) is 2.38. The van der Waals surface area contributed by atoms with Gasteiger partial charge in [-0.25, -0.2) is 0 Å². The van der Waals surface area contributed by atoms with Crippen molar-refractivity contribution < 1.29 is 14.6 Å². The Bertz CT molecular complexity index is 279. The minimum absolute atomic E-state index is 0.0720. The first-order valence-corrected chi connectivity index (χ1v) is 6.39. The van der Waals surface area contributed by atoms with Crippen molar-refractivity contribution >= 4 is 5.91 Å². The van der Waals surface area contributed by atoms with Crippen LogP contribution in [-0.4, -0.2) is 48.5 Å². The summed E-state index contributed by atoms with van der Waals surface area (Å²) in [5.74, 6) is -0.0720. The molecule has 3 N–H and O–H groups in total. The number of nitrogens with one attached hydrogen (secondary N) is 2. The van der Waals surface area contributed by atoms with E-state index in [1.165, 1.54) is 0 Å². The molecular weight excluding hydrogens is 220 g/mol. The van der Waals surface area contributed by atoms with Crippen LogP contribution in [0.1, 0.15) is 32.6 Å². The lowest BCUT2D eigenvalue weighted by molar-refractivity contribution is -0.136. The van der Waals surface area contributed by atoms with Gasteiger partial charge in [0.25, 0.3) is 0 Å². The lowest BCUT2D eigenvalue weighted by atomic mass is 9.93. The SMILES string of the molecule is CC1(OCC(=O)NC2CCCC(O)C2)CNC1. The molecule has 1 saturated heterocycles. The van der Waals surface area contributed by atoms with Gasteiger partial charge in [-0.3, -0.25) is 4.79 Å². The number of carbonyl (C=O) groups is 1. The normalized spacial score (nSPS) is 31.6. The van der Waals surface area contributed by atoms with Crippen molar-refractivity contribution in [3.05, 3.63) is 0 Å². The molecule has 0 aromatic carbocycles. The summed E-state index contributed by atoms with van der Waals surface area (Å²) in [6.07, 6.45) is 3.20. The highest BCUT2D eigenvalue weighted by Gasteiger charge is 2.33. The van der Waals surface area contributed by atoms with Gasteiger partial charge in [-0.1, -0.05) is 0 Å². The van der Waals surface area contributed by atoms with E-state index in [1.54, 1.807) is 0 Å². The zero-order valence-electron chi connectivity index (χ0n) is 10.4. The molecule has 2 unspecified atom stereocenters. The Morgan fingerprint density at radius 1 is 1.53 bits per heavy atom. The Kier molecular flexibility index (Phi) is 4.01. The van der Waals surface area contributed by atoms with E-state index >= 15 is 0 Å². The monoisotopic (exact) mass is 242 g/mol. The van der Waals surface area contributed by atoms with Crippen LogP contribution in [0.2, 0.25) is 0 Å². The Labute approximate surface area is 102 Å². The highest BCUT2D eigenvalue weighted by Crippen LogP contribution is 2.18. The van der Waals surface area contributed by atoms with E-state index in [2.05, 4.69) is 10.6 Å². The maximum Gasteiger partial charge on any atom is 0.246 e. The van der Waals surface area contributed by atoms with Crippen molar-refractivity contribution in [1.82, 2.24) is 10.6 Å². The average Bonchev–Trinajstić information content (AvgIpc) is 2.24. The van der Waals surface area contributed by atoms with E-state index in [9.17, 15) is 9.90 Å². The molecule has 2 aliphatic rings. The molecule has 1 saturated carbocycles. The number of carbonyl (C=O) groups excluding carboxylic acids is 1. The van der Waals surface area contributed by atoms with Crippen LogP contribution in [0.5, 0.6) is 0 Å². The molecule has 0 radical (unpaired) electrons. The Hall–Kier alpha value is -0.650. The lowest BCUT2D eigenvalue weighted by Crippen LogP contribution is -2.59. The molecule has 5 heteroatoms. The molecule has 0 spiro atoms. The number of amides is 1. The van der Waals surface area contributed by atoms with Gasteiger partial charge in [0, 0.05) is 19.1 Å². The van der Waals surface area contributed by atoms with Gasteiger partial charge in [0.2, 0.25) is 5.91 Å². The summed E-state index contributed by atoms with van der Waals surface area (Å²) in [5, 5.41) is 15.6. The average molecular weight is 242 g/mol. The van der Waals surface area contributed by atoms with Crippen LogP contribution >= 0.6 is 0 Å². The highest BCUT2D eigenvalue weighted by atomic mass is 16.5. The first-order valence-electron chi connectivity index (χ1n) is 6.39. The summed E-state index contributed by atoms with van der Waals surface area (Å²) >= 11 is 0. The van der Waals surface area contributed by atoms with Gasteiger partial charge >= 0.3 is 0 Å². The van der Waals surface area contributed by atoms with Gasteiger partial charge in [0.05, 0.1) is 11.7 Å². The van der Waals surface area contributed by atoms with Crippen LogP contribution in [0.25, 0.3) is 0 Å². The number of ether oxygens (including phenoxy) is 1. The van der Waals surface area contributed by atoms with E-state index < -0.39 is 0 Å². The van der Waals surface area contributed by atoms with Crippen molar-refractivity contribution in [3.63, 3.8) is 0 Å². The quantitative estimate of drug-likeness (QED) is 0.637. The van der Waals surface area contributed by atoms with Gasteiger partial charge < -0.3 is 20.5 Å². The number of aliphatic hydroxyl groups is 1. The third-order valence-electron chi connectivity index (χ3n) is 3.56. The number of hydrogen-bond acceptors (Lipinski definition) is 4. The molecule has 2 fully saturated rings. The number of hydrogen-bond donors (Lipinski definition) is 3. The van der Waals surface area contributed by atoms with Gasteiger partial charge in [0.1, 0.15) is 6.61 Å². The second kappa shape index (κ2) is 5.33. The molecule has 2 atom stereocenters. The summed E-state index contributed by atoms with van der Waals surface area (Å²) < 4.78 is 5.56. The molecule has 1 aliphatic heterocycles. The van der Waals surface area contributed by atoms with Crippen LogP contribution in [0.15, 0.2) is 0 Å². The first kappa shape index (κ1) is 12.8. The van der Waals surface area contributed by atoms with E-state index in [-0.39, 0.29) is 30.3 Å². The Morgan fingerprint density at radius 3 is 2.88 bits per heavy atom. The predicted molar refractivity (Wildman–Crippen MR) is 63.6 cm³/mol. The zero-order chi connectivity index (χ0) is 12.3. The van der Waals surface area contributed by atoms with Crippen molar-refractivity contribution in [2.24, 2.45) is 0 Å². The summed E-state index contributed by atoms with van der Waals surface area (Å²) in [6.45, 7) is 3.73. The third-order valence-corrected chi connectivity index (χ3v) is 3.56. The largest absolute Gasteiger partial charge is 0.393 e. The number of rotatable bonds is 4. The molecule has 5 nitrogen and oxygen atoms in total. The Morgan fingerprint density at radius 2 is 2.29 bits per heavy atom. The molecule has 0 aromatic rings. The fraction of sp³-hybridized carbons (Fsp3) is 0.917. The van der Waals surface area contributed by atoms with Gasteiger partial charge in [-0.05, 0) is 32.6 Å². The van der Waals surface area contributed by atoms with Crippen LogP contribution in [0.3, 0.4) is 0 Å². The molecule has 98 valence electrons. The molecule has 1 amide bonds. The zero-order valence-corrected chi connectivity index (χ0v) is 10.4. The first-order chi connectivity index (χ1) is 8.07. The van der Waals surface area contributed by atoms with E-state index in [4.69, 9.17) is 4.74 Å². The maximum atomic E-state index is 11.7. The van der Waals surface area contributed by atoms with E-state index in [0.717, 1.165) is 32.4 Å². The molecule has 1 heterocycles. The summed E-state index contributed by atoms with van der Waals surface area (Å²) in [6, 6.07) is 0.113. The molecule has 2 rings (SSSR count). The fourth-order valence-electron chi connectivity index (χ4n) is 2.38. The second-order valence-corrected chi connectivity index (χ2v) is 5.43. The van der Waals surface area contributed by atoms with Crippen LogP contribution < -0.4 is 10.6 Å². The van der Waals surface area contributed by atoms with E-state index in [0.29, 0.717) is 6.42 Å². The molecule has 0 bridgehead atoms. The summed E-state index contributed by atoms with van der Waals surface area (Å²) in [5.41, 5.74) is -0.177.